The van der Waals surface area contributed by atoms with E-state index in [1.807, 2.05) is 30.3 Å². The Labute approximate surface area is 181 Å². The normalized spacial score (nSPS) is 21.6. The molecule has 0 radical (unpaired) electrons. The first kappa shape index (κ1) is 20.9. The molecule has 0 aromatic heterocycles. The molecule has 1 saturated carbocycles. The molecule has 31 heavy (non-hydrogen) atoms. The number of nitrogens with zero attached hydrogens (tertiary/aromatic N) is 1. The van der Waals surface area contributed by atoms with E-state index >= 15 is 0 Å². The van der Waals surface area contributed by atoms with E-state index in [1.165, 1.54) is 0 Å². The van der Waals surface area contributed by atoms with Crippen LogP contribution in [0.25, 0.3) is 0 Å². The van der Waals surface area contributed by atoms with Gasteiger partial charge >= 0.3 is 6.03 Å². The summed E-state index contributed by atoms with van der Waals surface area (Å²) in [5.74, 6) is 0.739. The van der Waals surface area contributed by atoms with Crippen molar-refractivity contribution in [1.29, 1.82) is 0 Å². The number of hydrogen-bond acceptors (Lipinski definition) is 4. The summed E-state index contributed by atoms with van der Waals surface area (Å²) >= 11 is 0. The first-order valence-corrected chi connectivity index (χ1v) is 10.7. The van der Waals surface area contributed by atoms with Crippen LogP contribution in [0, 0.1) is 5.92 Å². The molecule has 0 spiro atoms. The molecule has 1 atom stereocenters. The first-order chi connectivity index (χ1) is 15.0. The average molecular weight is 421 g/mol. The van der Waals surface area contributed by atoms with E-state index in [2.05, 4.69) is 10.6 Å². The average Bonchev–Trinajstić information content (AvgIpc) is 3.00. The highest BCUT2D eigenvalue weighted by atomic mass is 16.5. The van der Waals surface area contributed by atoms with E-state index < -0.39 is 17.5 Å². The van der Waals surface area contributed by atoms with Crippen molar-refractivity contribution in [2.75, 3.05) is 11.9 Å². The molecule has 2 fully saturated rings. The second kappa shape index (κ2) is 8.79. The number of amides is 4. The highest BCUT2D eigenvalue weighted by Crippen LogP contribution is 2.36. The van der Waals surface area contributed by atoms with Crippen LogP contribution in [-0.2, 0) is 9.59 Å². The minimum atomic E-state index is -0.922. The van der Waals surface area contributed by atoms with Crippen LogP contribution in [0.15, 0.2) is 54.6 Å². The van der Waals surface area contributed by atoms with Crippen molar-refractivity contribution in [3.05, 3.63) is 54.6 Å². The molecule has 7 heteroatoms. The van der Waals surface area contributed by atoms with Gasteiger partial charge in [0.15, 0.2) is 0 Å². The number of para-hydroxylation sites is 1. The van der Waals surface area contributed by atoms with Gasteiger partial charge in [0.05, 0.1) is 0 Å². The lowest BCUT2D eigenvalue weighted by Gasteiger charge is -2.34. The van der Waals surface area contributed by atoms with Crippen LogP contribution in [0.3, 0.4) is 0 Å². The highest BCUT2D eigenvalue weighted by molar-refractivity contribution is 6.10. The fourth-order valence-electron chi connectivity index (χ4n) is 4.39. The Morgan fingerprint density at radius 1 is 1.03 bits per heavy atom. The molecule has 2 aliphatic rings. The van der Waals surface area contributed by atoms with E-state index in [-0.39, 0.29) is 18.4 Å². The van der Waals surface area contributed by atoms with E-state index in [0.717, 1.165) is 42.8 Å². The molecule has 1 aliphatic carbocycles. The minimum absolute atomic E-state index is 0.114. The zero-order valence-electron chi connectivity index (χ0n) is 17.6. The molecule has 1 heterocycles. The smallest absolute Gasteiger partial charge is 0.325 e. The second-order valence-electron chi connectivity index (χ2n) is 8.35. The van der Waals surface area contributed by atoms with Crippen LogP contribution in [-0.4, -0.2) is 34.8 Å². The molecular weight excluding hydrogens is 394 g/mol. The van der Waals surface area contributed by atoms with Gasteiger partial charge in [-0.15, -0.1) is 0 Å². The Hall–Kier alpha value is -3.35. The highest BCUT2D eigenvalue weighted by Gasteiger charge is 2.52. The predicted molar refractivity (Wildman–Crippen MR) is 117 cm³/mol. The zero-order chi connectivity index (χ0) is 21.8. The van der Waals surface area contributed by atoms with Crippen LogP contribution in [0.5, 0.6) is 11.5 Å². The van der Waals surface area contributed by atoms with Crippen molar-refractivity contribution in [1.82, 2.24) is 10.2 Å². The summed E-state index contributed by atoms with van der Waals surface area (Å²) in [6.07, 6.45) is 5.12. The molecule has 7 nitrogen and oxygen atoms in total. The SMILES string of the molecule is C[C@]1(C2CCCCC2)NC(=O)N(CC(=O)Nc2ccc(Oc3ccccc3)cc2)C1=O. The topological polar surface area (TPSA) is 87.7 Å². The summed E-state index contributed by atoms with van der Waals surface area (Å²) in [4.78, 5) is 39.0. The number of carbonyl (C=O) groups excluding carboxylic acids is 3. The molecule has 4 rings (SSSR count). The number of nitrogens with one attached hydrogen (secondary N) is 2. The summed E-state index contributed by atoms with van der Waals surface area (Å²) in [5, 5.41) is 5.58. The third-order valence-electron chi connectivity index (χ3n) is 6.14. The van der Waals surface area contributed by atoms with Gasteiger partial charge in [-0.3, -0.25) is 14.5 Å². The Bertz CT molecular complexity index is 955. The molecule has 1 saturated heterocycles. The number of ether oxygens (including phenoxy) is 1. The maximum Gasteiger partial charge on any atom is 0.325 e. The lowest BCUT2D eigenvalue weighted by atomic mass is 9.75. The maximum absolute atomic E-state index is 13.0. The summed E-state index contributed by atoms with van der Waals surface area (Å²) in [5.41, 5.74) is -0.360. The second-order valence-corrected chi connectivity index (χ2v) is 8.35. The molecule has 2 N–H and O–H groups in total. The number of benzene rings is 2. The van der Waals surface area contributed by atoms with Crippen LogP contribution in [0.2, 0.25) is 0 Å². The van der Waals surface area contributed by atoms with Gasteiger partial charge in [-0.05, 0) is 62.1 Å². The van der Waals surface area contributed by atoms with Crippen molar-refractivity contribution in [2.45, 2.75) is 44.6 Å². The summed E-state index contributed by atoms with van der Waals surface area (Å²) in [6.45, 7) is 1.47. The lowest BCUT2D eigenvalue weighted by molar-refractivity contribution is -0.135. The summed E-state index contributed by atoms with van der Waals surface area (Å²) in [7, 11) is 0. The van der Waals surface area contributed by atoms with Crippen LogP contribution < -0.4 is 15.4 Å². The Kier molecular flexibility index (Phi) is 5.93. The van der Waals surface area contributed by atoms with Gasteiger partial charge in [0.25, 0.3) is 5.91 Å². The van der Waals surface area contributed by atoms with Gasteiger partial charge in [0, 0.05) is 5.69 Å². The summed E-state index contributed by atoms with van der Waals surface area (Å²) in [6, 6.07) is 15.8. The monoisotopic (exact) mass is 421 g/mol. The predicted octanol–water partition coefficient (Wildman–Crippen LogP) is 4.31. The quantitative estimate of drug-likeness (QED) is 0.681. The first-order valence-electron chi connectivity index (χ1n) is 10.7. The van der Waals surface area contributed by atoms with Crippen molar-refractivity contribution in [2.24, 2.45) is 5.92 Å². The van der Waals surface area contributed by atoms with Crippen LogP contribution >= 0.6 is 0 Å². The fraction of sp³-hybridized carbons (Fsp3) is 0.375. The van der Waals surface area contributed by atoms with Crippen molar-refractivity contribution < 1.29 is 19.1 Å². The van der Waals surface area contributed by atoms with E-state index in [9.17, 15) is 14.4 Å². The van der Waals surface area contributed by atoms with Gasteiger partial charge in [-0.1, -0.05) is 37.5 Å². The van der Waals surface area contributed by atoms with Crippen LogP contribution in [0.4, 0.5) is 10.5 Å². The Morgan fingerprint density at radius 2 is 1.68 bits per heavy atom. The van der Waals surface area contributed by atoms with Gasteiger partial charge in [-0.2, -0.15) is 0 Å². The van der Waals surface area contributed by atoms with Gasteiger partial charge in [0.1, 0.15) is 23.6 Å². The fourth-order valence-corrected chi connectivity index (χ4v) is 4.39. The van der Waals surface area contributed by atoms with Crippen molar-refractivity contribution in [3.63, 3.8) is 0 Å². The number of urea groups is 1. The number of imide groups is 1. The van der Waals surface area contributed by atoms with Gasteiger partial charge < -0.3 is 15.4 Å². The van der Waals surface area contributed by atoms with E-state index in [4.69, 9.17) is 4.74 Å². The van der Waals surface area contributed by atoms with Gasteiger partial charge in [0.2, 0.25) is 5.91 Å². The minimum Gasteiger partial charge on any atom is -0.457 e. The molecule has 0 unspecified atom stereocenters. The van der Waals surface area contributed by atoms with E-state index in [1.54, 1.807) is 31.2 Å². The Morgan fingerprint density at radius 3 is 2.35 bits per heavy atom. The molecule has 4 amide bonds. The Balaban J connectivity index is 1.35. The number of rotatable bonds is 6. The number of anilines is 1. The number of hydrogen-bond donors (Lipinski definition) is 2. The molecular formula is C24H27N3O4. The molecule has 1 aliphatic heterocycles. The zero-order valence-corrected chi connectivity index (χ0v) is 17.6. The van der Waals surface area contributed by atoms with Crippen molar-refractivity contribution in [3.8, 4) is 11.5 Å². The van der Waals surface area contributed by atoms with Crippen LogP contribution in [0.1, 0.15) is 39.0 Å². The molecule has 0 bridgehead atoms. The number of carbonyl (C=O) groups is 3. The van der Waals surface area contributed by atoms with E-state index in [0.29, 0.717) is 11.4 Å². The molecule has 2 aromatic rings. The van der Waals surface area contributed by atoms with Gasteiger partial charge in [-0.25, -0.2) is 4.79 Å². The third kappa shape index (κ3) is 4.55. The molecule has 162 valence electrons. The summed E-state index contributed by atoms with van der Waals surface area (Å²) < 4.78 is 5.74. The maximum atomic E-state index is 13.0. The largest absolute Gasteiger partial charge is 0.457 e. The lowest BCUT2D eigenvalue weighted by Crippen LogP contribution is -2.51. The standard InChI is InChI=1S/C24H27N3O4/c1-24(17-8-4-2-5-9-17)22(29)27(23(30)26-24)16-21(28)25-18-12-14-20(15-13-18)31-19-10-6-3-7-11-19/h3,6-7,10-15,17H,2,4-5,8-9,16H2,1H3,(H,25,28)(H,26,30)/t24-/m1/s1. The third-order valence-corrected chi connectivity index (χ3v) is 6.14. The molecule has 2 aromatic carbocycles. The van der Waals surface area contributed by atoms with Crippen molar-refractivity contribution >= 4 is 23.5 Å².